The fourth-order valence-electron chi connectivity index (χ4n) is 3.33. The van der Waals surface area contributed by atoms with Crippen LogP contribution in [0.5, 0.6) is 0 Å². The fraction of sp³-hybridized carbons (Fsp3) is 0.562. The van der Waals surface area contributed by atoms with Crippen molar-refractivity contribution in [3.05, 3.63) is 29.3 Å². The summed E-state index contributed by atoms with van der Waals surface area (Å²) in [5, 5.41) is 0.837. The molecule has 0 spiro atoms. The molecular weight excluding hydrogens is 272 g/mol. The number of carbonyl (C=O) groups is 1. The molecule has 1 aliphatic heterocycles. The Kier molecular flexibility index (Phi) is 4.27. The molecule has 0 atom stereocenters. The van der Waals surface area contributed by atoms with Crippen LogP contribution >= 0.6 is 11.6 Å². The van der Waals surface area contributed by atoms with Crippen molar-refractivity contribution in [1.82, 2.24) is 4.90 Å². The molecule has 0 bridgehead atoms. The Labute approximate surface area is 125 Å². The zero-order chi connectivity index (χ0) is 13.9. The largest absolute Gasteiger partial charge is 0.368 e. The van der Waals surface area contributed by atoms with Crippen LogP contribution in [-0.2, 0) is 4.79 Å². The zero-order valence-electron chi connectivity index (χ0n) is 11.7. The summed E-state index contributed by atoms with van der Waals surface area (Å²) in [6.07, 6.45) is 3.64. The maximum absolute atomic E-state index is 11.3. The lowest BCUT2D eigenvalue weighted by Gasteiger charge is -2.41. The minimum Gasteiger partial charge on any atom is -0.368 e. The van der Waals surface area contributed by atoms with E-state index in [9.17, 15) is 4.79 Å². The summed E-state index contributed by atoms with van der Waals surface area (Å²) >= 11 is 6.27. The first kappa shape index (κ1) is 13.9. The first-order valence-corrected chi connectivity index (χ1v) is 7.87. The molecule has 0 amide bonds. The van der Waals surface area contributed by atoms with Crippen molar-refractivity contribution in [3.8, 4) is 0 Å². The van der Waals surface area contributed by atoms with Crippen LogP contribution in [0.1, 0.15) is 25.7 Å². The third-order valence-corrected chi connectivity index (χ3v) is 4.86. The van der Waals surface area contributed by atoms with Crippen LogP contribution in [0, 0.1) is 0 Å². The number of Topliss-reactive ketones (excluding diaryl/α,β-unsaturated/α-hetero) is 1. The molecule has 1 aromatic carbocycles. The normalized spacial score (nSPS) is 22.2. The van der Waals surface area contributed by atoms with E-state index in [4.69, 9.17) is 11.6 Å². The number of anilines is 1. The van der Waals surface area contributed by atoms with Crippen molar-refractivity contribution < 1.29 is 4.79 Å². The summed E-state index contributed by atoms with van der Waals surface area (Å²) in [4.78, 5) is 16.2. The molecule has 1 aromatic rings. The molecule has 3 nitrogen and oxygen atoms in total. The number of piperazine rings is 1. The summed E-state index contributed by atoms with van der Waals surface area (Å²) in [6, 6.07) is 8.68. The van der Waals surface area contributed by atoms with Crippen LogP contribution in [-0.4, -0.2) is 42.9 Å². The third-order valence-electron chi connectivity index (χ3n) is 4.54. The number of rotatable bonds is 2. The maximum atomic E-state index is 11.3. The van der Waals surface area contributed by atoms with E-state index in [1.807, 2.05) is 18.2 Å². The van der Waals surface area contributed by atoms with Crippen LogP contribution < -0.4 is 4.90 Å². The molecule has 2 fully saturated rings. The van der Waals surface area contributed by atoms with Gasteiger partial charge in [-0.1, -0.05) is 23.7 Å². The van der Waals surface area contributed by atoms with E-state index in [2.05, 4.69) is 15.9 Å². The van der Waals surface area contributed by atoms with E-state index in [0.29, 0.717) is 11.8 Å². The number of hydrogen-bond acceptors (Lipinski definition) is 3. The molecule has 1 heterocycles. The van der Waals surface area contributed by atoms with E-state index >= 15 is 0 Å². The van der Waals surface area contributed by atoms with Gasteiger partial charge in [-0.25, -0.2) is 0 Å². The van der Waals surface area contributed by atoms with E-state index < -0.39 is 0 Å². The number of benzene rings is 1. The van der Waals surface area contributed by atoms with Gasteiger partial charge in [0, 0.05) is 45.1 Å². The Morgan fingerprint density at radius 3 is 2.30 bits per heavy atom. The van der Waals surface area contributed by atoms with Crippen LogP contribution in [0.4, 0.5) is 5.69 Å². The highest BCUT2D eigenvalue weighted by molar-refractivity contribution is 6.33. The Bertz CT molecular complexity index is 473. The summed E-state index contributed by atoms with van der Waals surface area (Å²) in [6.45, 7) is 4.19. The summed E-state index contributed by atoms with van der Waals surface area (Å²) in [7, 11) is 0. The molecule has 1 aliphatic carbocycles. The summed E-state index contributed by atoms with van der Waals surface area (Å²) in [5.41, 5.74) is 1.15. The smallest absolute Gasteiger partial charge is 0.133 e. The van der Waals surface area contributed by atoms with Crippen molar-refractivity contribution in [2.45, 2.75) is 31.7 Å². The average Bonchev–Trinajstić information content (AvgIpc) is 2.49. The molecule has 0 N–H and O–H groups in total. The van der Waals surface area contributed by atoms with Crippen LogP contribution in [0.25, 0.3) is 0 Å². The second-order valence-electron chi connectivity index (χ2n) is 5.74. The van der Waals surface area contributed by atoms with E-state index in [1.54, 1.807) is 0 Å². The van der Waals surface area contributed by atoms with Gasteiger partial charge in [0.1, 0.15) is 5.78 Å². The molecule has 3 rings (SSSR count). The predicted molar refractivity (Wildman–Crippen MR) is 82.5 cm³/mol. The highest BCUT2D eigenvalue weighted by Gasteiger charge is 2.27. The van der Waals surface area contributed by atoms with Crippen molar-refractivity contribution in [3.63, 3.8) is 0 Å². The van der Waals surface area contributed by atoms with Crippen LogP contribution in [0.3, 0.4) is 0 Å². The van der Waals surface area contributed by atoms with Crippen molar-refractivity contribution in [2.75, 3.05) is 31.1 Å². The second kappa shape index (κ2) is 6.15. The fourth-order valence-corrected chi connectivity index (χ4v) is 3.58. The lowest BCUT2D eigenvalue weighted by Crippen LogP contribution is -2.51. The third kappa shape index (κ3) is 2.99. The first-order valence-electron chi connectivity index (χ1n) is 7.49. The van der Waals surface area contributed by atoms with Gasteiger partial charge in [0.2, 0.25) is 0 Å². The van der Waals surface area contributed by atoms with Gasteiger partial charge in [-0.05, 0) is 25.0 Å². The highest BCUT2D eigenvalue weighted by atomic mass is 35.5. The Balaban J connectivity index is 1.57. The molecule has 0 unspecified atom stereocenters. The molecule has 0 aromatic heterocycles. The van der Waals surface area contributed by atoms with Crippen molar-refractivity contribution >= 4 is 23.1 Å². The minimum atomic E-state index is 0.441. The quantitative estimate of drug-likeness (QED) is 0.837. The van der Waals surface area contributed by atoms with Gasteiger partial charge < -0.3 is 4.90 Å². The first-order chi connectivity index (χ1) is 9.74. The lowest BCUT2D eigenvalue weighted by molar-refractivity contribution is -0.121. The number of ketones is 1. The molecule has 0 radical (unpaired) electrons. The van der Waals surface area contributed by atoms with Gasteiger partial charge in [0.15, 0.2) is 0 Å². The van der Waals surface area contributed by atoms with E-state index in [-0.39, 0.29) is 0 Å². The molecule has 1 saturated carbocycles. The Hall–Kier alpha value is -1.06. The molecule has 1 saturated heterocycles. The maximum Gasteiger partial charge on any atom is 0.133 e. The van der Waals surface area contributed by atoms with Gasteiger partial charge in [0.05, 0.1) is 10.7 Å². The van der Waals surface area contributed by atoms with Gasteiger partial charge in [-0.15, -0.1) is 0 Å². The number of nitrogens with zero attached hydrogens (tertiary/aromatic N) is 2. The Morgan fingerprint density at radius 2 is 1.65 bits per heavy atom. The summed E-state index contributed by atoms with van der Waals surface area (Å²) in [5.74, 6) is 0.441. The van der Waals surface area contributed by atoms with Crippen LogP contribution in [0.2, 0.25) is 5.02 Å². The number of hydrogen-bond donors (Lipinski definition) is 0. The molecule has 2 aliphatic rings. The standard InChI is InChI=1S/C16H21ClN2O/c17-15-3-1-2-4-16(15)19-11-9-18(10-12-19)13-5-7-14(20)8-6-13/h1-4,13H,5-12H2. The molecule has 4 heteroatoms. The predicted octanol–water partition coefficient (Wildman–Crippen LogP) is 2.97. The average molecular weight is 293 g/mol. The van der Waals surface area contributed by atoms with Gasteiger partial charge in [0.25, 0.3) is 0 Å². The SMILES string of the molecule is O=C1CCC(N2CCN(c3ccccc3Cl)CC2)CC1. The van der Waals surface area contributed by atoms with Gasteiger partial charge >= 0.3 is 0 Å². The number of para-hydroxylation sites is 1. The number of carbonyl (C=O) groups excluding carboxylic acids is 1. The second-order valence-corrected chi connectivity index (χ2v) is 6.15. The van der Waals surface area contributed by atoms with Crippen LogP contribution in [0.15, 0.2) is 24.3 Å². The summed E-state index contributed by atoms with van der Waals surface area (Å²) < 4.78 is 0. The highest BCUT2D eigenvalue weighted by Crippen LogP contribution is 2.27. The van der Waals surface area contributed by atoms with E-state index in [0.717, 1.165) is 62.6 Å². The minimum absolute atomic E-state index is 0.441. The van der Waals surface area contributed by atoms with Gasteiger partial charge in [-0.3, -0.25) is 9.69 Å². The molecule has 20 heavy (non-hydrogen) atoms. The molecular formula is C16H21ClN2O. The zero-order valence-corrected chi connectivity index (χ0v) is 12.5. The van der Waals surface area contributed by atoms with Gasteiger partial charge in [-0.2, -0.15) is 0 Å². The lowest BCUT2D eigenvalue weighted by atomic mass is 9.93. The van der Waals surface area contributed by atoms with E-state index in [1.165, 1.54) is 0 Å². The van der Waals surface area contributed by atoms with Crippen molar-refractivity contribution in [2.24, 2.45) is 0 Å². The topological polar surface area (TPSA) is 23.6 Å². The van der Waals surface area contributed by atoms with Crippen molar-refractivity contribution in [1.29, 1.82) is 0 Å². The monoisotopic (exact) mass is 292 g/mol. The number of halogens is 1. The molecule has 108 valence electrons. The Morgan fingerprint density at radius 1 is 1.00 bits per heavy atom.